The van der Waals surface area contributed by atoms with E-state index >= 15 is 0 Å². The number of rotatable bonds is 7. The molecule has 1 aromatic carbocycles. The standard InChI is InChI=1S/C17H26O3.C6H16N2/c1-10(15(19)20)11-8-12(16(2,3)4)14(18)13(9-11)17(5,6)7;7-5-3-1-2-4-6-8/h8-10,18H,1-7H3,(H,19,20);1-8H2. The third-order valence-electron chi connectivity index (χ3n) is 4.78. The summed E-state index contributed by atoms with van der Waals surface area (Å²) in [5.74, 6) is -1.15. The maximum atomic E-state index is 11.2. The average molecular weight is 395 g/mol. The Bertz CT molecular complexity index is 572. The first-order valence-electron chi connectivity index (χ1n) is 10.3. The summed E-state index contributed by atoms with van der Waals surface area (Å²) in [6.07, 6.45) is 4.79. The van der Waals surface area contributed by atoms with Crippen molar-refractivity contribution in [3.05, 3.63) is 28.8 Å². The van der Waals surface area contributed by atoms with Crippen LogP contribution in [0.15, 0.2) is 12.1 Å². The molecule has 5 heteroatoms. The maximum absolute atomic E-state index is 11.2. The van der Waals surface area contributed by atoms with Crippen LogP contribution in [0.4, 0.5) is 0 Å². The lowest BCUT2D eigenvalue weighted by Gasteiger charge is -2.28. The Kier molecular flexibility index (Phi) is 10.8. The number of hydrogen-bond acceptors (Lipinski definition) is 4. The second kappa shape index (κ2) is 11.4. The Labute approximate surface area is 171 Å². The Hall–Kier alpha value is -1.59. The van der Waals surface area contributed by atoms with Crippen LogP contribution in [-0.4, -0.2) is 29.3 Å². The first-order valence-corrected chi connectivity index (χ1v) is 10.3. The molecule has 0 amide bonds. The number of aliphatic carboxylic acids is 1. The maximum Gasteiger partial charge on any atom is 0.310 e. The fourth-order valence-electron chi connectivity index (χ4n) is 2.84. The summed E-state index contributed by atoms with van der Waals surface area (Å²) < 4.78 is 0. The zero-order valence-electron chi connectivity index (χ0n) is 18.9. The van der Waals surface area contributed by atoms with Crippen molar-refractivity contribution in [3.8, 4) is 5.75 Å². The van der Waals surface area contributed by atoms with Crippen molar-refractivity contribution in [2.45, 2.75) is 90.9 Å². The largest absolute Gasteiger partial charge is 0.507 e. The van der Waals surface area contributed by atoms with E-state index in [0.717, 1.165) is 42.6 Å². The van der Waals surface area contributed by atoms with E-state index in [1.807, 2.05) is 53.7 Å². The second-order valence-corrected chi connectivity index (χ2v) is 9.52. The summed E-state index contributed by atoms with van der Waals surface area (Å²) in [7, 11) is 0. The molecule has 0 saturated heterocycles. The molecule has 0 saturated carbocycles. The molecule has 0 aliphatic heterocycles. The van der Waals surface area contributed by atoms with Gasteiger partial charge in [-0.25, -0.2) is 0 Å². The molecule has 28 heavy (non-hydrogen) atoms. The number of aromatic hydroxyl groups is 1. The molecule has 0 aliphatic rings. The number of unbranched alkanes of at least 4 members (excludes halogenated alkanes) is 3. The fourth-order valence-corrected chi connectivity index (χ4v) is 2.84. The van der Waals surface area contributed by atoms with Gasteiger partial charge in [-0.1, -0.05) is 66.5 Å². The molecule has 0 bridgehead atoms. The third-order valence-corrected chi connectivity index (χ3v) is 4.78. The zero-order valence-corrected chi connectivity index (χ0v) is 18.9. The highest BCUT2D eigenvalue weighted by atomic mass is 16.4. The lowest BCUT2D eigenvalue weighted by atomic mass is 9.77. The Morgan fingerprint density at radius 1 is 0.893 bits per heavy atom. The third kappa shape index (κ3) is 8.61. The number of carbonyl (C=O) groups is 1. The highest BCUT2D eigenvalue weighted by Crippen LogP contribution is 2.41. The normalized spacial score (nSPS) is 12.9. The molecule has 162 valence electrons. The van der Waals surface area contributed by atoms with Crippen LogP contribution in [-0.2, 0) is 15.6 Å². The number of nitrogens with two attached hydrogens (primary N) is 2. The summed E-state index contributed by atoms with van der Waals surface area (Å²) in [4.78, 5) is 11.2. The van der Waals surface area contributed by atoms with Crippen molar-refractivity contribution in [1.82, 2.24) is 0 Å². The SMILES string of the molecule is CC(C(=O)O)c1cc(C(C)(C)C)c(O)c(C(C)(C)C)c1.NCCCCCCN. The number of phenols is 1. The molecule has 0 heterocycles. The summed E-state index contributed by atoms with van der Waals surface area (Å²) in [5.41, 5.74) is 12.4. The number of carboxylic acids is 1. The van der Waals surface area contributed by atoms with Crippen molar-refractivity contribution in [2.24, 2.45) is 11.5 Å². The summed E-state index contributed by atoms with van der Waals surface area (Å²) in [5, 5.41) is 19.8. The smallest absolute Gasteiger partial charge is 0.310 e. The van der Waals surface area contributed by atoms with Gasteiger partial charge in [-0.05, 0) is 60.4 Å². The average Bonchev–Trinajstić information content (AvgIpc) is 2.56. The Morgan fingerprint density at radius 2 is 1.25 bits per heavy atom. The van der Waals surface area contributed by atoms with E-state index in [-0.39, 0.29) is 16.6 Å². The van der Waals surface area contributed by atoms with Gasteiger partial charge in [0.2, 0.25) is 0 Å². The van der Waals surface area contributed by atoms with Gasteiger partial charge in [-0.3, -0.25) is 4.79 Å². The molecule has 0 fully saturated rings. The highest BCUT2D eigenvalue weighted by molar-refractivity contribution is 5.76. The van der Waals surface area contributed by atoms with Crippen LogP contribution >= 0.6 is 0 Å². The molecule has 5 nitrogen and oxygen atoms in total. The van der Waals surface area contributed by atoms with Gasteiger partial charge in [0.15, 0.2) is 0 Å². The molecule has 0 radical (unpaired) electrons. The summed E-state index contributed by atoms with van der Waals surface area (Å²) in [6.45, 7) is 15.4. The van der Waals surface area contributed by atoms with Crippen molar-refractivity contribution in [2.75, 3.05) is 13.1 Å². The van der Waals surface area contributed by atoms with Gasteiger partial charge in [0.05, 0.1) is 5.92 Å². The number of hydrogen-bond donors (Lipinski definition) is 4. The van der Waals surface area contributed by atoms with Crippen LogP contribution in [0.5, 0.6) is 5.75 Å². The van der Waals surface area contributed by atoms with Crippen molar-refractivity contribution >= 4 is 5.97 Å². The van der Waals surface area contributed by atoms with E-state index in [1.54, 1.807) is 6.92 Å². The second-order valence-electron chi connectivity index (χ2n) is 9.52. The topological polar surface area (TPSA) is 110 Å². The molecular formula is C23H42N2O3. The van der Waals surface area contributed by atoms with E-state index in [9.17, 15) is 15.0 Å². The van der Waals surface area contributed by atoms with Gasteiger partial charge in [0.1, 0.15) is 5.75 Å². The number of carboxylic acid groups (broad SMARTS) is 1. The van der Waals surface area contributed by atoms with Gasteiger partial charge in [0.25, 0.3) is 0 Å². The molecular weight excluding hydrogens is 352 g/mol. The molecule has 1 rings (SSSR count). The van der Waals surface area contributed by atoms with Crippen LogP contribution < -0.4 is 11.5 Å². The molecule has 0 spiro atoms. The molecule has 0 aliphatic carbocycles. The highest BCUT2D eigenvalue weighted by Gasteiger charge is 2.28. The van der Waals surface area contributed by atoms with Gasteiger partial charge < -0.3 is 21.7 Å². The molecule has 1 atom stereocenters. The first-order chi connectivity index (χ1) is 12.8. The minimum absolute atomic E-state index is 0.238. The first kappa shape index (κ1) is 26.4. The molecule has 6 N–H and O–H groups in total. The van der Waals surface area contributed by atoms with Crippen LogP contribution in [0.25, 0.3) is 0 Å². The zero-order chi connectivity index (χ0) is 22.1. The van der Waals surface area contributed by atoms with Crippen LogP contribution in [0.1, 0.15) is 96.8 Å². The molecule has 0 aromatic heterocycles. The lowest BCUT2D eigenvalue weighted by Crippen LogP contribution is -2.19. The van der Waals surface area contributed by atoms with Crippen molar-refractivity contribution in [3.63, 3.8) is 0 Å². The van der Waals surface area contributed by atoms with E-state index in [2.05, 4.69) is 0 Å². The molecule has 1 aromatic rings. The van der Waals surface area contributed by atoms with Gasteiger partial charge in [-0.2, -0.15) is 0 Å². The van der Waals surface area contributed by atoms with E-state index in [0.29, 0.717) is 0 Å². The fraction of sp³-hybridized carbons (Fsp3) is 0.696. The van der Waals surface area contributed by atoms with Crippen LogP contribution in [0.2, 0.25) is 0 Å². The number of phenolic OH excluding ortho intramolecular Hbond substituents is 1. The minimum Gasteiger partial charge on any atom is -0.507 e. The van der Waals surface area contributed by atoms with Gasteiger partial charge in [0, 0.05) is 0 Å². The predicted octanol–water partition coefficient (Wildman–Crippen LogP) is 4.64. The van der Waals surface area contributed by atoms with E-state index in [1.165, 1.54) is 12.8 Å². The number of benzene rings is 1. The Morgan fingerprint density at radius 3 is 1.50 bits per heavy atom. The van der Waals surface area contributed by atoms with Crippen LogP contribution in [0.3, 0.4) is 0 Å². The Balaban J connectivity index is 0.000000769. The molecule has 1 unspecified atom stereocenters. The predicted molar refractivity (Wildman–Crippen MR) is 118 cm³/mol. The van der Waals surface area contributed by atoms with Gasteiger partial charge in [-0.15, -0.1) is 0 Å². The lowest BCUT2D eigenvalue weighted by molar-refractivity contribution is -0.138. The van der Waals surface area contributed by atoms with Crippen LogP contribution in [0, 0.1) is 0 Å². The van der Waals surface area contributed by atoms with Crippen molar-refractivity contribution < 1.29 is 15.0 Å². The summed E-state index contributed by atoms with van der Waals surface area (Å²) in [6, 6.07) is 3.65. The van der Waals surface area contributed by atoms with Crippen molar-refractivity contribution in [1.29, 1.82) is 0 Å². The van der Waals surface area contributed by atoms with Gasteiger partial charge >= 0.3 is 5.97 Å². The van der Waals surface area contributed by atoms with E-state index in [4.69, 9.17) is 11.5 Å². The monoisotopic (exact) mass is 394 g/mol. The van der Waals surface area contributed by atoms with E-state index < -0.39 is 11.9 Å². The quantitative estimate of drug-likeness (QED) is 0.504. The summed E-state index contributed by atoms with van der Waals surface area (Å²) >= 11 is 0. The minimum atomic E-state index is -0.851.